The van der Waals surface area contributed by atoms with Gasteiger partial charge in [-0.3, -0.25) is 0 Å². The smallest absolute Gasteiger partial charge is 0.113 e. The standard InChI is InChI=1S/C14H13ClNO.Y/c1-3-16-10(2)13(15)8-9-14(16)11-4-6-12(17)7-5-11;/h4-8,17H,2-3H2,1H3;/q-1;. The van der Waals surface area contributed by atoms with Gasteiger partial charge in [-0.1, -0.05) is 17.8 Å². The Bertz CT molecular complexity index is 505. The Morgan fingerprint density at radius 3 is 2.50 bits per heavy atom. The molecule has 91 valence electrons. The molecule has 18 heavy (non-hydrogen) atoms. The number of hydrogen-bond donors (Lipinski definition) is 1. The summed E-state index contributed by atoms with van der Waals surface area (Å²) >= 11 is 6.02. The molecule has 1 radical (unpaired) electrons. The molecule has 4 heteroatoms. The van der Waals surface area contributed by atoms with Gasteiger partial charge in [0.05, 0.1) is 0 Å². The van der Waals surface area contributed by atoms with Crippen LogP contribution in [-0.2, 0) is 32.7 Å². The number of phenolic OH excluding ortho intramolecular Hbond substituents is 1. The van der Waals surface area contributed by atoms with E-state index in [1.54, 1.807) is 18.2 Å². The third kappa shape index (κ3) is 3.06. The summed E-state index contributed by atoms with van der Waals surface area (Å²) < 4.78 is 0. The second kappa shape index (κ2) is 6.56. The first-order valence-electron chi connectivity index (χ1n) is 5.39. The fraction of sp³-hybridized carbons (Fsp3) is 0.143. The number of allylic oxidation sites excluding steroid dienone is 3. The van der Waals surface area contributed by atoms with Gasteiger partial charge in [0, 0.05) is 39.3 Å². The van der Waals surface area contributed by atoms with Crippen LogP contribution < -0.4 is 0 Å². The van der Waals surface area contributed by atoms with E-state index in [2.05, 4.69) is 12.7 Å². The van der Waals surface area contributed by atoms with Crippen molar-refractivity contribution in [1.29, 1.82) is 0 Å². The van der Waals surface area contributed by atoms with Crippen LogP contribution in [-0.4, -0.2) is 16.6 Å². The molecular formula is C14H13ClNOY-. The Kier molecular flexibility index (Phi) is 5.64. The normalized spacial score (nSPS) is 14.8. The van der Waals surface area contributed by atoms with Crippen molar-refractivity contribution in [3.63, 3.8) is 0 Å². The summed E-state index contributed by atoms with van der Waals surface area (Å²) in [6.45, 7) is 6.76. The van der Waals surface area contributed by atoms with Crippen molar-refractivity contribution in [2.45, 2.75) is 6.92 Å². The molecule has 0 aromatic heterocycles. The topological polar surface area (TPSA) is 23.5 Å². The molecule has 1 heterocycles. The number of aromatic hydroxyl groups is 1. The van der Waals surface area contributed by atoms with Crippen molar-refractivity contribution >= 4 is 17.3 Å². The Morgan fingerprint density at radius 1 is 1.33 bits per heavy atom. The number of phenols is 1. The number of hydrogen-bond acceptors (Lipinski definition) is 2. The minimum atomic E-state index is 0. The van der Waals surface area contributed by atoms with Crippen molar-refractivity contribution in [3.05, 3.63) is 59.3 Å². The van der Waals surface area contributed by atoms with Crippen LogP contribution in [0.5, 0.6) is 5.75 Å². The first-order chi connectivity index (χ1) is 8.13. The van der Waals surface area contributed by atoms with Gasteiger partial charge >= 0.3 is 0 Å². The van der Waals surface area contributed by atoms with Gasteiger partial charge in [0.1, 0.15) is 5.75 Å². The van der Waals surface area contributed by atoms with Crippen LogP contribution in [0.3, 0.4) is 0 Å². The number of nitrogens with zero attached hydrogens (tertiary/aromatic N) is 1. The van der Waals surface area contributed by atoms with Crippen LogP contribution in [0.25, 0.3) is 5.70 Å². The molecule has 0 spiro atoms. The molecular weight excluding hydrogens is 323 g/mol. The van der Waals surface area contributed by atoms with Crippen LogP contribution >= 0.6 is 11.6 Å². The third-order valence-electron chi connectivity index (χ3n) is 2.66. The summed E-state index contributed by atoms with van der Waals surface area (Å²) in [7, 11) is 0. The Labute approximate surface area is 138 Å². The largest absolute Gasteiger partial charge is 0.508 e. The molecule has 1 aliphatic heterocycles. The first kappa shape index (κ1) is 15.5. The second-order valence-corrected chi connectivity index (χ2v) is 4.13. The van der Waals surface area contributed by atoms with Crippen LogP contribution in [0.2, 0.25) is 0 Å². The van der Waals surface area contributed by atoms with E-state index < -0.39 is 0 Å². The first-order valence-corrected chi connectivity index (χ1v) is 5.76. The fourth-order valence-corrected chi connectivity index (χ4v) is 1.92. The average Bonchev–Trinajstić information content (AvgIpc) is 2.34. The van der Waals surface area contributed by atoms with Gasteiger partial charge in [-0.15, -0.1) is 12.1 Å². The molecule has 1 aromatic rings. The zero-order valence-corrected chi connectivity index (χ0v) is 13.7. The van der Waals surface area contributed by atoms with E-state index in [0.29, 0.717) is 5.03 Å². The average molecular weight is 336 g/mol. The summed E-state index contributed by atoms with van der Waals surface area (Å²) in [6, 6.07) is 7.00. The zero-order valence-electron chi connectivity index (χ0n) is 10.2. The van der Waals surface area contributed by atoms with E-state index in [-0.39, 0.29) is 38.5 Å². The van der Waals surface area contributed by atoms with Crippen molar-refractivity contribution in [2.75, 3.05) is 6.54 Å². The predicted molar refractivity (Wildman–Crippen MR) is 70.2 cm³/mol. The van der Waals surface area contributed by atoms with Gasteiger partial charge < -0.3 is 10.0 Å². The summed E-state index contributed by atoms with van der Waals surface area (Å²) in [6.07, 6.45) is 4.86. The summed E-state index contributed by atoms with van der Waals surface area (Å²) in [4.78, 5) is 1.99. The van der Waals surface area contributed by atoms with Crippen LogP contribution in [0.1, 0.15) is 12.5 Å². The summed E-state index contributed by atoms with van der Waals surface area (Å²) in [5.74, 6) is 0.251. The third-order valence-corrected chi connectivity index (χ3v) is 2.99. The molecule has 0 fully saturated rings. The molecule has 0 aliphatic carbocycles. The Balaban J connectivity index is 0.00000162. The van der Waals surface area contributed by atoms with E-state index >= 15 is 0 Å². The zero-order chi connectivity index (χ0) is 12.4. The van der Waals surface area contributed by atoms with Crippen molar-refractivity contribution in [2.24, 2.45) is 0 Å². The summed E-state index contributed by atoms with van der Waals surface area (Å²) in [5.41, 5.74) is 2.67. The minimum Gasteiger partial charge on any atom is -0.508 e. The van der Waals surface area contributed by atoms with E-state index in [1.165, 1.54) is 0 Å². The van der Waals surface area contributed by atoms with Gasteiger partial charge in [0.2, 0.25) is 0 Å². The number of halogens is 1. The van der Waals surface area contributed by atoms with Gasteiger partial charge in [-0.25, -0.2) is 0 Å². The molecule has 1 N–H and O–H groups in total. The molecule has 0 saturated heterocycles. The van der Waals surface area contributed by atoms with E-state index in [9.17, 15) is 5.11 Å². The maximum absolute atomic E-state index is 9.28. The Hall–Kier alpha value is -0.566. The molecule has 2 nitrogen and oxygen atoms in total. The van der Waals surface area contributed by atoms with Crippen molar-refractivity contribution < 1.29 is 37.8 Å². The molecule has 1 aliphatic rings. The SMILES string of the molecule is C=C1C(Cl)=C[C-]=C(c2ccc(O)cc2)N1CC.[Y]. The monoisotopic (exact) mass is 335 g/mol. The van der Waals surface area contributed by atoms with E-state index in [0.717, 1.165) is 23.5 Å². The minimum absolute atomic E-state index is 0. The maximum Gasteiger partial charge on any atom is 0.113 e. The van der Waals surface area contributed by atoms with E-state index in [4.69, 9.17) is 11.6 Å². The second-order valence-electron chi connectivity index (χ2n) is 3.72. The van der Waals surface area contributed by atoms with Gasteiger partial charge in [-0.05, 0) is 29.8 Å². The van der Waals surface area contributed by atoms with Gasteiger partial charge in [-0.2, -0.15) is 23.8 Å². The quantitative estimate of drug-likeness (QED) is 0.836. The van der Waals surface area contributed by atoms with Crippen molar-refractivity contribution in [3.8, 4) is 5.75 Å². The van der Waals surface area contributed by atoms with Gasteiger partial charge in [0.25, 0.3) is 0 Å². The predicted octanol–water partition coefficient (Wildman–Crippen LogP) is 3.51. The molecule has 2 rings (SSSR count). The molecule has 0 atom stereocenters. The fourth-order valence-electron chi connectivity index (χ4n) is 1.76. The molecule has 1 aromatic carbocycles. The molecule has 0 bridgehead atoms. The molecule has 0 amide bonds. The van der Waals surface area contributed by atoms with E-state index in [1.807, 2.05) is 24.0 Å². The van der Waals surface area contributed by atoms with Gasteiger partial charge in [0.15, 0.2) is 0 Å². The Morgan fingerprint density at radius 2 is 1.94 bits per heavy atom. The van der Waals surface area contributed by atoms with Crippen LogP contribution in [0, 0.1) is 6.08 Å². The number of likely N-dealkylation sites (N-methyl/N-ethyl adjacent to an activating group) is 1. The molecule has 0 saturated carbocycles. The summed E-state index contributed by atoms with van der Waals surface area (Å²) in [5, 5.41) is 9.88. The molecule has 0 unspecified atom stereocenters. The maximum atomic E-state index is 9.28. The van der Waals surface area contributed by atoms with Crippen LogP contribution in [0.4, 0.5) is 0 Å². The number of rotatable bonds is 2. The number of benzene rings is 1. The van der Waals surface area contributed by atoms with Crippen LogP contribution in [0.15, 0.2) is 47.6 Å². The van der Waals surface area contributed by atoms with Crippen molar-refractivity contribution in [1.82, 2.24) is 4.90 Å².